The molecule has 11 heteroatoms. The molecule has 26 heavy (non-hydrogen) atoms. The summed E-state index contributed by atoms with van der Waals surface area (Å²) in [6, 6.07) is 0.575. The van der Waals surface area contributed by atoms with Crippen molar-refractivity contribution in [2.24, 2.45) is 0 Å². The van der Waals surface area contributed by atoms with Crippen molar-refractivity contribution < 1.29 is 49.7 Å². The van der Waals surface area contributed by atoms with Crippen LogP contribution in [0.4, 0.5) is 39.5 Å². The molecule has 0 saturated heterocycles. The van der Waals surface area contributed by atoms with E-state index < -0.39 is 70.1 Å². The summed E-state index contributed by atoms with van der Waals surface area (Å²) in [4.78, 5) is 0. The zero-order chi connectivity index (χ0) is 20.4. The molecule has 0 aliphatic heterocycles. The Morgan fingerprint density at radius 2 is 1.23 bits per heavy atom. The summed E-state index contributed by atoms with van der Waals surface area (Å²) in [5.74, 6) is -11.7. The average Bonchev–Trinajstić information content (AvgIpc) is 2.56. The van der Waals surface area contributed by atoms with Crippen LogP contribution in [0.2, 0.25) is 0 Å². The largest absolute Gasteiger partial charge is 0.391 e. The van der Waals surface area contributed by atoms with Gasteiger partial charge in [0.25, 0.3) is 0 Å². The van der Waals surface area contributed by atoms with Crippen molar-refractivity contribution >= 4 is 0 Å². The van der Waals surface area contributed by atoms with E-state index in [-0.39, 0.29) is 6.07 Å². The molecule has 2 aromatic carbocycles. The molecule has 0 aromatic heterocycles. The van der Waals surface area contributed by atoms with E-state index in [1.165, 1.54) is 0 Å². The summed E-state index contributed by atoms with van der Waals surface area (Å²) in [7, 11) is 0. The normalized spacial score (nSPS) is 11.2. The number of alkyl halides is 2. The maximum absolute atomic E-state index is 12.8. The molecule has 2 nitrogen and oxygen atoms in total. The Kier molecular flexibility index (Phi) is 6.66. The van der Waals surface area contributed by atoms with Gasteiger partial charge < -0.3 is 10.2 Å². The molecule has 0 radical (unpaired) electrons. The Morgan fingerprint density at radius 1 is 0.769 bits per heavy atom. The van der Waals surface area contributed by atoms with Gasteiger partial charge in [-0.1, -0.05) is 0 Å². The molecule has 2 N–H and O–H groups in total. The number of aliphatic hydroxyl groups is 2. The first-order valence-corrected chi connectivity index (χ1v) is 6.50. The molecule has 2 aromatic rings. The van der Waals surface area contributed by atoms with Gasteiger partial charge in [-0.2, -0.15) is 8.78 Å². The highest BCUT2D eigenvalue weighted by Gasteiger charge is 2.33. The molecule has 0 spiro atoms. The molecule has 0 bridgehead atoms. The summed E-state index contributed by atoms with van der Waals surface area (Å²) in [6.07, 6.45) is -4.52. The summed E-state index contributed by atoms with van der Waals surface area (Å²) in [6.45, 7) is -0.163. The van der Waals surface area contributed by atoms with Crippen LogP contribution >= 0.6 is 0 Å². The third-order valence-corrected chi connectivity index (χ3v) is 3.09. The maximum Gasteiger partial charge on any atom is 0.383 e. The fourth-order valence-electron chi connectivity index (χ4n) is 1.68. The minimum atomic E-state index is -4.52. The minimum absolute atomic E-state index is 0.272. The van der Waals surface area contributed by atoms with Crippen LogP contribution in [0.25, 0.3) is 0 Å². The molecule has 0 aliphatic rings. The fourth-order valence-corrected chi connectivity index (χ4v) is 1.68. The average molecular weight is 392 g/mol. The zero-order valence-corrected chi connectivity index (χ0v) is 12.7. The van der Waals surface area contributed by atoms with Gasteiger partial charge >= 0.3 is 6.11 Å². The van der Waals surface area contributed by atoms with E-state index in [1.807, 2.05) is 0 Å². The number of benzene rings is 2. The summed E-state index contributed by atoms with van der Waals surface area (Å²) in [5.41, 5.74) is -3.31. The van der Waals surface area contributed by atoms with Gasteiger partial charge in [0.05, 0.1) is 17.7 Å². The Hall–Kier alpha value is -2.27. The predicted molar refractivity (Wildman–Crippen MR) is 69.4 cm³/mol. The Balaban J connectivity index is 0.000000260. The first-order valence-electron chi connectivity index (χ1n) is 6.50. The molecule has 0 saturated carbocycles. The van der Waals surface area contributed by atoms with Crippen LogP contribution in [-0.2, 0) is 12.7 Å². The van der Waals surface area contributed by atoms with E-state index >= 15 is 0 Å². The van der Waals surface area contributed by atoms with Gasteiger partial charge in [0, 0.05) is 5.56 Å². The standard InChI is InChI=1S/C8H6F4O.C7H3F5O/c1-3-5(9)7(11)4(2-13)8(12)6(3)10;8-4-2-1-3(7(11,12)13)5(9)6(4)10/h13H,2H2,1H3;1-2,13H. The van der Waals surface area contributed by atoms with Gasteiger partial charge in [-0.15, -0.1) is 0 Å². The molecule has 0 heterocycles. The number of hydrogen-bond acceptors (Lipinski definition) is 2. The van der Waals surface area contributed by atoms with E-state index in [0.29, 0.717) is 6.07 Å². The van der Waals surface area contributed by atoms with Crippen molar-refractivity contribution in [1.29, 1.82) is 0 Å². The monoisotopic (exact) mass is 392 g/mol. The quantitative estimate of drug-likeness (QED) is 0.457. The third kappa shape index (κ3) is 4.28. The fraction of sp³-hybridized carbons (Fsp3) is 0.200. The SMILES string of the molecule is Cc1c(F)c(F)c(CO)c(F)c1F.OC(F)(F)c1ccc(F)c(F)c1F. The lowest BCUT2D eigenvalue weighted by molar-refractivity contribution is -0.211. The van der Waals surface area contributed by atoms with Crippen LogP contribution in [0, 0.1) is 47.6 Å². The smallest absolute Gasteiger partial charge is 0.383 e. The molecular weight excluding hydrogens is 383 g/mol. The van der Waals surface area contributed by atoms with Gasteiger partial charge in [-0.05, 0) is 19.1 Å². The van der Waals surface area contributed by atoms with Crippen LogP contribution in [0.3, 0.4) is 0 Å². The topological polar surface area (TPSA) is 40.5 Å². The van der Waals surface area contributed by atoms with Crippen molar-refractivity contribution in [3.05, 3.63) is 69.5 Å². The zero-order valence-electron chi connectivity index (χ0n) is 12.7. The summed E-state index contributed by atoms with van der Waals surface area (Å²) in [5, 5.41) is 16.4. The molecule has 2 rings (SSSR count). The Labute approximate surface area is 140 Å². The number of halogens is 9. The second-order valence-electron chi connectivity index (χ2n) is 4.78. The lowest BCUT2D eigenvalue weighted by Crippen LogP contribution is -2.15. The highest BCUT2D eigenvalue weighted by atomic mass is 19.3. The summed E-state index contributed by atoms with van der Waals surface area (Å²) >= 11 is 0. The van der Waals surface area contributed by atoms with Gasteiger partial charge in [-0.25, -0.2) is 30.7 Å². The van der Waals surface area contributed by atoms with Crippen LogP contribution in [0.5, 0.6) is 0 Å². The van der Waals surface area contributed by atoms with Gasteiger partial charge in [0.1, 0.15) is 0 Å². The van der Waals surface area contributed by atoms with Gasteiger partial charge in [0.15, 0.2) is 40.7 Å². The first kappa shape index (κ1) is 21.8. The second-order valence-corrected chi connectivity index (χ2v) is 4.78. The number of aliphatic hydroxyl groups excluding tert-OH is 1. The molecule has 0 fully saturated rings. The van der Waals surface area contributed by atoms with E-state index in [1.54, 1.807) is 0 Å². The highest BCUT2D eigenvalue weighted by Crippen LogP contribution is 2.28. The number of rotatable bonds is 2. The number of hydrogen-bond donors (Lipinski definition) is 2. The van der Waals surface area contributed by atoms with Crippen LogP contribution in [-0.4, -0.2) is 10.2 Å². The Morgan fingerprint density at radius 3 is 1.62 bits per heavy atom. The lowest BCUT2D eigenvalue weighted by Gasteiger charge is -2.09. The predicted octanol–water partition coefficient (Wildman–Crippen LogP) is 4.19. The lowest BCUT2D eigenvalue weighted by atomic mass is 10.1. The van der Waals surface area contributed by atoms with Gasteiger partial charge in [-0.3, -0.25) is 0 Å². The van der Waals surface area contributed by atoms with Crippen LogP contribution in [0.15, 0.2) is 12.1 Å². The minimum Gasteiger partial charge on any atom is -0.391 e. The van der Waals surface area contributed by atoms with Crippen LogP contribution < -0.4 is 0 Å². The van der Waals surface area contributed by atoms with Crippen molar-refractivity contribution in [2.75, 3.05) is 0 Å². The second kappa shape index (κ2) is 7.96. The van der Waals surface area contributed by atoms with E-state index in [0.717, 1.165) is 6.92 Å². The molecule has 0 amide bonds. The third-order valence-electron chi connectivity index (χ3n) is 3.09. The molecule has 0 aliphatic carbocycles. The Bertz CT molecular complexity index is 787. The maximum atomic E-state index is 12.8. The highest BCUT2D eigenvalue weighted by molar-refractivity contribution is 5.28. The van der Waals surface area contributed by atoms with Gasteiger partial charge in [0.2, 0.25) is 0 Å². The van der Waals surface area contributed by atoms with Crippen molar-refractivity contribution in [3.63, 3.8) is 0 Å². The molecule has 0 atom stereocenters. The summed E-state index contributed by atoms with van der Waals surface area (Å²) < 4.78 is 112. The first-order chi connectivity index (χ1) is 11.8. The van der Waals surface area contributed by atoms with Crippen molar-refractivity contribution in [3.8, 4) is 0 Å². The van der Waals surface area contributed by atoms with Crippen LogP contribution in [0.1, 0.15) is 16.7 Å². The van der Waals surface area contributed by atoms with E-state index in [9.17, 15) is 39.5 Å². The van der Waals surface area contributed by atoms with E-state index in [2.05, 4.69) is 0 Å². The molecular formula is C15H9F9O2. The molecule has 0 unspecified atom stereocenters. The van der Waals surface area contributed by atoms with Crippen molar-refractivity contribution in [1.82, 2.24) is 0 Å². The molecule has 144 valence electrons. The van der Waals surface area contributed by atoms with Crippen molar-refractivity contribution in [2.45, 2.75) is 19.6 Å². The van der Waals surface area contributed by atoms with E-state index in [4.69, 9.17) is 10.2 Å².